The Kier molecular flexibility index (Phi) is 5.15. The number of benzene rings is 1. The van der Waals surface area contributed by atoms with Gasteiger partial charge in [-0.05, 0) is 31.0 Å². The first-order chi connectivity index (χ1) is 14.4. The van der Waals surface area contributed by atoms with Crippen LogP contribution < -0.4 is 9.64 Å². The maximum atomic E-state index is 13.1. The zero-order valence-electron chi connectivity index (χ0n) is 17.1. The molecule has 0 fully saturated rings. The Hall–Kier alpha value is -3.07. The van der Waals surface area contributed by atoms with Crippen LogP contribution in [0.25, 0.3) is 0 Å². The summed E-state index contributed by atoms with van der Waals surface area (Å²) in [6.45, 7) is 3.14. The number of fused-ring (bicyclic) bond motifs is 3. The average Bonchev–Trinajstić information content (AvgIpc) is 3.07. The van der Waals surface area contributed by atoms with E-state index in [0.29, 0.717) is 42.4 Å². The molecular weight excluding hydrogens is 406 g/mol. The van der Waals surface area contributed by atoms with Gasteiger partial charge in [-0.3, -0.25) is 14.4 Å². The van der Waals surface area contributed by atoms with Gasteiger partial charge < -0.3 is 24.5 Å². The molecule has 8 nitrogen and oxygen atoms in total. The maximum Gasteiger partial charge on any atom is 0.261 e. The summed E-state index contributed by atoms with van der Waals surface area (Å²) < 4.78 is 5.25. The molecule has 0 bridgehead atoms. The normalized spacial score (nSPS) is 16.3. The van der Waals surface area contributed by atoms with Crippen molar-refractivity contribution in [1.29, 1.82) is 0 Å². The van der Waals surface area contributed by atoms with Crippen LogP contribution in [0.2, 0.25) is 0 Å². The van der Waals surface area contributed by atoms with Crippen LogP contribution >= 0.6 is 11.3 Å². The number of phenolic OH excluding ortho intramolecular Hbond substituents is 1. The summed E-state index contributed by atoms with van der Waals surface area (Å²) in [6.07, 6.45) is 0.508. The summed E-state index contributed by atoms with van der Waals surface area (Å²) in [5.74, 6) is -0.420. The molecule has 0 radical (unpaired) electrons. The van der Waals surface area contributed by atoms with Crippen LogP contribution in [0.4, 0.5) is 5.00 Å². The molecule has 1 aromatic carbocycles. The van der Waals surface area contributed by atoms with E-state index in [4.69, 9.17) is 4.74 Å². The van der Waals surface area contributed by atoms with Crippen molar-refractivity contribution in [2.75, 3.05) is 38.7 Å². The fourth-order valence-corrected chi connectivity index (χ4v) is 5.45. The van der Waals surface area contributed by atoms with Crippen LogP contribution in [0.3, 0.4) is 0 Å². The third-order valence-corrected chi connectivity index (χ3v) is 6.80. The predicted octanol–water partition coefficient (Wildman–Crippen LogP) is 2.10. The first-order valence-electron chi connectivity index (χ1n) is 9.72. The van der Waals surface area contributed by atoms with Gasteiger partial charge in [-0.1, -0.05) is 6.07 Å². The molecule has 2 aliphatic heterocycles. The Morgan fingerprint density at radius 1 is 1.27 bits per heavy atom. The Bertz CT molecular complexity index is 1050. The predicted molar refractivity (Wildman–Crippen MR) is 112 cm³/mol. The molecule has 0 spiro atoms. The molecule has 3 heterocycles. The van der Waals surface area contributed by atoms with Gasteiger partial charge in [0, 0.05) is 25.0 Å². The van der Waals surface area contributed by atoms with Crippen LogP contribution in [0, 0.1) is 0 Å². The van der Waals surface area contributed by atoms with E-state index in [1.807, 2.05) is 6.92 Å². The highest BCUT2D eigenvalue weighted by molar-refractivity contribution is 7.17. The number of carbonyl (C=O) groups excluding carboxylic acids is 3. The smallest absolute Gasteiger partial charge is 0.261 e. The molecule has 30 heavy (non-hydrogen) atoms. The fraction of sp³-hybridized carbons (Fsp3) is 0.381. The lowest BCUT2D eigenvalue weighted by Crippen LogP contribution is -2.38. The molecule has 1 N–H and O–H groups in total. The SMILES string of the molecule is CCN1C(=O)CN(C)C(=O)c2c1sc1c2CCN(C(=O)c2c(O)cccc2OC)C1. The molecule has 0 unspecified atom stereocenters. The highest BCUT2D eigenvalue weighted by Gasteiger charge is 2.37. The molecule has 0 atom stereocenters. The minimum absolute atomic E-state index is 0.0561. The fourth-order valence-electron chi connectivity index (χ4n) is 4.02. The topological polar surface area (TPSA) is 90.4 Å². The van der Waals surface area contributed by atoms with E-state index in [-0.39, 0.29) is 35.6 Å². The van der Waals surface area contributed by atoms with Crippen molar-refractivity contribution < 1.29 is 24.2 Å². The van der Waals surface area contributed by atoms with Crippen molar-refractivity contribution in [3.05, 3.63) is 39.8 Å². The molecule has 158 valence electrons. The van der Waals surface area contributed by atoms with Gasteiger partial charge in [-0.15, -0.1) is 11.3 Å². The molecule has 0 saturated carbocycles. The molecule has 9 heteroatoms. The number of ether oxygens (including phenoxy) is 1. The monoisotopic (exact) mass is 429 g/mol. The lowest BCUT2D eigenvalue weighted by molar-refractivity contribution is -0.118. The first-order valence-corrected chi connectivity index (χ1v) is 10.5. The lowest BCUT2D eigenvalue weighted by Gasteiger charge is -2.28. The molecule has 4 rings (SSSR count). The van der Waals surface area contributed by atoms with Crippen LogP contribution in [0.5, 0.6) is 11.5 Å². The van der Waals surface area contributed by atoms with Gasteiger partial charge in [0.05, 0.1) is 19.2 Å². The van der Waals surface area contributed by atoms with Crippen molar-refractivity contribution in [2.45, 2.75) is 19.9 Å². The Balaban J connectivity index is 1.71. The number of phenols is 1. The van der Waals surface area contributed by atoms with E-state index in [0.717, 1.165) is 10.4 Å². The Morgan fingerprint density at radius 2 is 2.03 bits per heavy atom. The molecule has 1 aromatic heterocycles. The number of rotatable bonds is 3. The molecule has 3 amide bonds. The molecule has 2 aliphatic rings. The van der Waals surface area contributed by atoms with Gasteiger partial charge in [0.15, 0.2) is 0 Å². The summed E-state index contributed by atoms with van der Waals surface area (Å²) in [4.78, 5) is 44.3. The summed E-state index contributed by atoms with van der Waals surface area (Å²) >= 11 is 1.39. The van der Waals surface area contributed by atoms with Gasteiger partial charge in [0.1, 0.15) is 28.6 Å². The zero-order valence-corrected chi connectivity index (χ0v) is 17.9. The summed E-state index contributed by atoms with van der Waals surface area (Å²) in [7, 11) is 3.09. The van der Waals surface area contributed by atoms with Gasteiger partial charge in [0.25, 0.3) is 11.8 Å². The summed E-state index contributed by atoms with van der Waals surface area (Å²) in [6, 6.07) is 4.71. The number of aromatic hydroxyl groups is 1. The van der Waals surface area contributed by atoms with E-state index < -0.39 is 0 Å². The highest BCUT2D eigenvalue weighted by atomic mass is 32.1. The quantitative estimate of drug-likeness (QED) is 0.807. The maximum absolute atomic E-state index is 13.1. The second-order valence-corrected chi connectivity index (χ2v) is 8.40. The Morgan fingerprint density at radius 3 is 2.73 bits per heavy atom. The average molecular weight is 429 g/mol. The zero-order chi connectivity index (χ0) is 21.6. The minimum atomic E-state index is -0.328. The summed E-state index contributed by atoms with van der Waals surface area (Å²) in [5, 5.41) is 10.9. The lowest BCUT2D eigenvalue weighted by atomic mass is 10.0. The third kappa shape index (κ3) is 3.09. The Labute approximate surface area is 178 Å². The van der Waals surface area contributed by atoms with Crippen molar-refractivity contribution in [1.82, 2.24) is 9.80 Å². The number of methoxy groups -OCH3 is 1. The van der Waals surface area contributed by atoms with Gasteiger partial charge in [-0.25, -0.2) is 0 Å². The number of likely N-dealkylation sites (N-methyl/N-ethyl adjacent to an activating group) is 2. The highest BCUT2D eigenvalue weighted by Crippen LogP contribution is 2.42. The van der Waals surface area contributed by atoms with Crippen molar-refractivity contribution in [3.63, 3.8) is 0 Å². The number of carbonyl (C=O) groups is 3. The molecule has 0 saturated heterocycles. The van der Waals surface area contributed by atoms with Gasteiger partial charge in [0.2, 0.25) is 5.91 Å². The second kappa shape index (κ2) is 7.64. The number of hydrogen-bond acceptors (Lipinski definition) is 6. The van der Waals surface area contributed by atoms with E-state index in [9.17, 15) is 19.5 Å². The van der Waals surface area contributed by atoms with Crippen molar-refractivity contribution in [3.8, 4) is 11.5 Å². The van der Waals surface area contributed by atoms with E-state index in [1.165, 1.54) is 29.4 Å². The van der Waals surface area contributed by atoms with E-state index in [1.54, 1.807) is 29.0 Å². The van der Waals surface area contributed by atoms with E-state index in [2.05, 4.69) is 0 Å². The number of hydrogen-bond donors (Lipinski definition) is 1. The number of anilines is 1. The van der Waals surface area contributed by atoms with Crippen LogP contribution in [0.15, 0.2) is 18.2 Å². The summed E-state index contributed by atoms with van der Waals surface area (Å²) in [5.41, 5.74) is 1.62. The second-order valence-electron chi connectivity index (χ2n) is 7.31. The van der Waals surface area contributed by atoms with Crippen molar-refractivity contribution in [2.24, 2.45) is 0 Å². The molecule has 2 aromatic rings. The first kappa shape index (κ1) is 20.2. The van der Waals surface area contributed by atoms with Gasteiger partial charge in [-0.2, -0.15) is 0 Å². The number of thiophene rings is 1. The van der Waals surface area contributed by atoms with Crippen molar-refractivity contribution >= 4 is 34.1 Å². The van der Waals surface area contributed by atoms with Crippen LogP contribution in [-0.4, -0.2) is 66.4 Å². The van der Waals surface area contributed by atoms with Gasteiger partial charge >= 0.3 is 0 Å². The minimum Gasteiger partial charge on any atom is -0.507 e. The molecular formula is C21H23N3O5S. The largest absolute Gasteiger partial charge is 0.507 e. The third-order valence-electron chi connectivity index (χ3n) is 5.56. The standard InChI is InChI=1S/C21H23N3O5S/c1-4-24-16(26)11-22(2)19(27)17-12-8-9-23(10-15(12)30-21(17)24)20(28)18-13(25)6-5-7-14(18)29-3/h5-7,25H,4,8-11H2,1-3H3. The van der Waals surface area contributed by atoms with E-state index >= 15 is 0 Å². The van der Waals surface area contributed by atoms with Crippen LogP contribution in [-0.2, 0) is 17.8 Å². The number of amides is 3. The number of nitrogens with zero attached hydrogens (tertiary/aromatic N) is 3. The molecule has 0 aliphatic carbocycles. The van der Waals surface area contributed by atoms with Crippen LogP contribution in [0.1, 0.15) is 38.1 Å².